The van der Waals surface area contributed by atoms with E-state index in [1.165, 1.54) is 29.7 Å². The van der Waals surface area contributed by atoms with Gasteiger partial charge < -0.3 is 10.1 Å². The molecule has 1 aliphatic heterocycles. The second-order valence-electron chi connectivity index (χ2n) is 14.1. The molecule has 0 spiro atoms. The lowest BCUT2D eigenvalue weighted by atomic mass is 9.46. The third-order valence-corrected chi connectivity index (χ3v) is 11.8. The number of amides is 1. The standard InChI is InChI=1S/C31H47N3O5/c1-20(33-39-28(37)34(18-38-19-35)17-27-29(2,3)14-15-32-27)24-8-9-25-23-7-6-21-16-22(36)10-12-30(21,4)26(23)11-13-31(24,25)5/h16,19,23-27,32H,6-15,17-18H2,1-5H3/b33-20+/t23-,24+,25-,26-,27?,30-,31+/m0/s1. The molecule has 1 amide bonds. The van der Waals surface area contributed by atoms with E-state index in [0.29, 0.717) is 43.0 Å². The predicted molar refractivity (Wildman–Crippen MR) is 149 cm³/mol. The average Bonchev–Trinajstić information content (AvgIpc) is 3.43. The summed E-state index contributed by atoms with van der Waals surface area (Å²) in [7, 11) is 0. The monoisotopic (exact) mass is 541 g/mol. The maximum Gasteiger partial charge on any atom is 0.438 e. The summed E-state index contributed by atoms with van der Waals surface area (Å²) in [4.78, 5) is 43.0. The fourth-order valence-electron chi connectivity index (χ4n) is 9.33. The largest absolute Gasteiger partial charge is 0.446 e. The first-order valence-corrected chi connectivity index (χ1v) is 15.0. The molecule has 216 valence electrons. The molecule has 3 saturated carbocycles. The molecule has 5 rings (SSSR count). The zero-order valence-electron chi connectivity index (χ0n) is 24.5. The van der Waals surface area contributed by atoms with Gasteiger partial charge in [0.2, 0.25) is 0 Å². The van der Waals surface area contributed by atoms with Crippen LogP contribution in [0.15, 0.2) is 16.8 Å². The van der Waals surface area contributed by atoms with Crippen molar-refractivity contribution in [3.63, 3.8) is 0 Å². The van der Waals surface area contributed by atoms with E-state index in [9.17, 15) is 14.4 Å². The highest BCUT2D eigenvalue weighted by molar-refractivity contribution is 5.91. The molecule has 8 heteroatoms. The Morgan fingerprint density at radius 1 is 1.10 bits per heavy atom. The molecule has 0 aromatic rings. The quantitative estimate of drug-likeness (QED) is 0.151. The van der Waals surface area contributed by atoms with Gasteiger partial charge in [0.1, 0.15) is 0 Å². The number of hydrogen-bond acceptors (Lipinski definition) is 7. The van der Waals surface area contributed by atoms with E-state index in [2.05, 4.69) is 38.2 Å². The number of ether oxygens (including phenoxy) is 1. The number of hydrogen-bond donors (Lipinski definition) is 1. The maximum absolute atomic E-state index is 13.1. The van der Waals surface area contributed by atoms with Gasteiger partial charge in [0.25, 0.3) is 6.47 Å². The lowest BCUT2D eigenvalue weighted by molar-refractivity contribution is -0.132. The molecule has 39 heavy (non-hydrogen) atoms. The van der Waals surface area contributed by atoms with E-state index in [0.717, 1.165) is 44.4 Å². The Kier molecular flexibility index (Phi) is 7.72. The third kappa shape index (κ3) is 5.07. The summed E-state index contributed by atoms with van der Waals surface area (Å²) in [5.41, 5.74) is 2.63. The number of rotatable bonds is 7. The fraction of sp³-hybridized carbons (Fsp3) is 0.806. The fourth-order valence-corrected chi connectivity index (χ4v) is 9.33. The van der Waals surface area contributed by atoms with E-state index in [-0.39, 0.29) is 34.9 Å². The molecule has 4 fully saturated rings. The Balaban J connectivity index is 1.26. The van der Waals surface area contributed by atoms with E-state index in [1.54, 1.807) is 0 Å². The molecule has 1 N–H and O–H groups in total. The number of allylic oxidation sites excluding steroid dienone is 1. The third-order valence-electron chi connectivity index (χ3n) is 11.8. The summed E-state index contributed by atoms with van der Waals surface area (Å²) in [6.45, 7) is 12.7. The van der Waals surface area contributed by atoms with E-state index in [1.807, 2.05) is 13.0 Å². The molecule has 0 aromatic heterocycles. The van der Waals surface area contributed by atoms with Crippen LogP contribution in [0.5, 0.6) is 0 Å². The Bertz CT molecular complexity index is 1050. The Morgan fingerprint density at radius 3 is 2.62 bits per heavy atom. The first-order valence-electron chi connectivity index (χ1n) is 15.0. The number of fused-ring (bicyclic) bond motifs is 5. The Morgan fingerprint density at radius 2 is 1.90 bits per heavy atom. The molecular weight excluding hydrogens is 494 g/mol. The predicted octanol–water partition coefficient (Wildman–Crippen LogP) is 5.47. The topological polar surface area (TPSA) is 97.3 Å². The highest BCUT2D eigenvalue weighted by atomic mass is 16.7. The molecule has 1 heterocycles. The van der Waals surface area contributed by atoms with Crippen LogP contribution < -0.4 is 5.32 Å². The smallest absolute Gasteiger partial charge is 0.438 e. The molecule has 0 bridgehead atoms. The summed E-state index contributed by atoms with van der Waals surface area (Å²) in [5.74, 6) is 2.55. The second-order valence-corrected chi connectivity index (χ2v) is 14.1. The number of carbonyl (C=O) groups is 3. The van der Waals surface area contributed by atoms with Crippen LogP contribution in [0.3, 0.4) is 0 Å². The molecule has 1 unspecified atom stereocenters. The summed E-state index contributed by atoms with van der Waals surface area (Å²) in [5, 5.41) is 7.84. The van der Waals surface area contributed by atoms with E-state index >= 15 is 0 Å². The Hall–Kier alpha value is -2.22. The minimum absolute atomic E-state index is 0.0328. The minimum Gasteiger partial charge on any atom is -0.446 e. The molecule has 5 aliphatic rings. The molecule has 4 aliphatic carbocycles. The van der Waals surface area contributed by atoms with Crippen molar-refractivity contribution in [2.75, 3.05) is 19.8 Å². The first-order chi connectivity index (χ1) is 18.5. The molecule has 8 nitrogen and oxygen atoms in total. The van der Waals surface area contributed by atoms with Crippen molar-refractivity contribution in [1.82, 2.24) is 10.2 Å². The summed E-state index contributed by atoms with van der Waals surface area (Å²) < 4.78 is 4.94. The van der Waals surface area contributed by atoms with Crippen molar-refractivity contribution in [3.8, 4) is 0 Å². The van der Waals surface area contributed by atoms with E-state index < -0.39 is 6.09 Å². The van der Waals surface area contributed by atoms with Crippen LogP contribution in [0, 0.1) is 39.9 Å². The zero-order valence-corrected chi connectivity index (χ0v) is 24.5. The van der Waals surface area contributed by atoms with E-state index in [4.69, 9.17) is 9.57 Å². The normalized spacial score (nSPS) is 39.2. The molecule has 0 aromatic carbocycles. The van der Waals surface area contributed by atoms with Gasteiger partial charge in [-0.3, -0.25) is 19.3 Å². The van der Waals surface area contributed by atoms with Crippen LogP contribution in [0.4, 0.5) is 4.79 Å². The number of carbonyl (C=O) groups excluding carboxylic acids is 3. The molecular formula is C31H47N3O5. The van der Waals surface area contributed by atoms with Crippen molar-refractivity contribution >= 4 is 24.1 Å². The van der Waals surface area contributed by atoms with Gasteiger partial charge in [0, 0.05) is 24.9 Å². The lowest BCUT2D eigenvalue weighted by Crippen LogP contribution is -2.51. The highest BCUT2D eigenvalue weighted by Gasteiger charge is 2.59. The molecule has 0 radical (unpaired) electrons. The number of ketones is 1. The number of nitrogens with one attached hydrogen (secondary N) is 1. The van der Waals surface area contributed by atoms with Crippen LogP contribution in [-0.4, -0.2) is 54.8 Å². The van der Waals surface area contributed by atoms with Crippen molar-refractivity contribution in [1.29, 1.82) is 0 Å². The van der Waals surface area contributed by atoms with Gasteiger partial charge in [-0.05, 0) is 105 Å². The SMILES string of the molecule is C/C(=N\OC(=O)N(COC=O)CC1NCCC1(C)C)[C@H]1CC[C@H]2[C@@H]3CCC4=CC(=O)CC[C@]4(C)[C@H]3CC[C@]12C. The van der Waals surface area contributed by atoms with Crippen LogP contribution in [0.25, 0.3) is 0 Å². The van der Waals surface area contributed by atoms with Gasteiger partial charge in [-0.15, -0.1) is 0 Å². The summed E-state index contributed by atoms with van der Waals surface area (Å²) in [6, 6.07) is 0.0880. The van der Waals surface area contributed by atoms with Crippen LogP contribution in [0.1, 0.15) is 92.4 Å². The van der Waals surface area contributed by atoms with Crippen LogP contribution in [0.2, 0.25) is 0 Å². The van der Waals surface area contributed by atoms with Crippen molar-refractivity contribution < 1.29 is 24.0 Å². The second kappa shape index (κ2) is 10.6. The summed E-state index contributed by atoms with van der Waals surface area (Å²) in [6.07, 6.45) is 10.9. The first kappa shape index (κ1) is 28.3. The van der Waals surface area contributed by atoms with Gasteiger partial charge in [-0.1, -0.05) is 38.4 Å². The van der Waals surface area contributed by atoms with Gasteiger partial charge in [-0.2, -0.15) is 0 Å². The van der Waals surface area contributed by atoms with Gasteiger partial charge in [0.05, 0.1) is 5.71 Å². The number of oxime groups is 1. The zero-order chi connectivity index (χ0) is 28.0. The van der Waals surface area contributed by atoms with Crippen molar-refractivity contribution in [3.05, 3.63) is 11.6 Å². The Labute approximate surface area is 233 Å². The van der Waals surface area contributed by atoms with Gasteiger partial charge in [-0.25, -0.2) is 4.79 Å². The highest BCUT2D eigenvalue weighted by Crippen LogP contribution is 2.66. The van der Waals surface area contributed by atoms with Crippen LogP contribution >= 0.6 is 0 Å². The lowest BCUT2D eigenvalue weighted by Gasteiger charge is -2.58. The van der Waals surface area contributed by atoms with Gasteiger partial charge >= 0.3 is 6.09 Å². The minimum atomic E-state index is -0.588. The summed E-state index contributed by atoms with van der Waals surface area (Å²) >= 11 is 0. The average molecular weight is 542 g/mol. The maximum atomic E-state index is 13.1. The molecule has 7 atom stereocenters. The van der Waals surface area contributed by atoms with Gasteiger partial charge in [0.15, 0.2) is 12.5 Å². The van der Waals surface area contributed by atoms with Crippen molar-refractivity contribution in [2.24, 2.45) is 45.1 Å². The van der Waals surface area contributed by atoms with Crippen molar-refractivity contribution in [2.45, 2.75) is 98.4 Å². The number of nitrogens with zero attached hydrogens (tertiary/aromatic N) is 2. The van der Waals surface area contributed by atoms with Crippen LogP contribution in [-0.2, 0) is 19.2 Å². The molecule has 1 saturated heterocycles.